The third-order valence-corrected chi connectivity index (χ3v) is 3.53. The first-order valence-corrected chi connectivity index (χ1v) is 7.61. The minimum absolute atomic E-state index is 0.931. The Balaban J connectivity index is 0.000000956. The van der Waals surface area contributed by atoms with Crippen molar-refractivity contribution in [2.45, 2.75) is 54.4 Å². The van der Waals surface area contributed by atoms with Crippen LogP contribution in [-0.4, -0.2) is 4.98 Å². The minimum atomic E-state index is 0.931. The Labute approximate surface area is 124 Å². The number of aromatic nitrogens is 1. The minimum Gasteiger partial charge on any atom is -0.257 e. The van der Waals surface area contributed by atoms with Gasteiger partial charge in [-0.25, -0.2) is 0 Å². The van der Waals surface area contributed by atoms with Crippen LogP contribution in [0.5, 0.6) is 0 Å². The molecule has 0 amide bonds. The molecule has 20 heavy (non-hydrogen) atoms. The fourth-order valence-electron chi connectivity index (χ4n) is 2.22. The topological polar surface area (TPSA) is 12.9 Å². The summed E-state index contributed by atoms with van der Waals surface area (Å²) >= 11 is 0. The summed E-state index contributed by atoms with van der Waals surface area (Å²) in [5.74, 6) is 0. The summed E-state index contributed by atoms with van der Waals surface area (Å²) in [7, 11) is 0. The maximum atomic E-state index is 4.72. The molecule has 0 atom stereocenters. The molecule has 0 aliphatic carbocycles. The van der Waals surface area contributed by atoms with Crippen molar-refractivity contribution in [3.63, 3.8) is 0 Å². The van der Waals surface area contributed by atoms with E-state index in [1.807, 2.05) is 13.8 Å². The van der Waals surface area contributed by atoms with Crippen LogP contribution in [0.15, 0.2) is 30.3 Å². The van der Waals surface area contributed by atoms with Crippen molar-refractivity contribution in [3.8, 4) is 0 Å². The number of benzene rings is 1. The lowest BCUT2D eigenvalue weighted by Crippen LogP contribution is -2.00. The van der Waals surface area contributed by atoms with Gasteiger partial charge in [0, 0.05) is 17.8 Å². The van der Waals surface area contributed by atoms with Crippen molar-refractivity contribution in [2.24, 2.45) is 0 Å². The van der Waals surface area contributed by atoms with Crippen LogP contribution in [0, 0.1) is 20.8 Å². The zero-order valence-electron chi connectivity index (χ0n) is 13.7. The first-order chi connectivity index (χ1) is 9.60. The van der Waals surface area contributed by atoms with Gasteiger partial charge in [0.1, 0.15) is 0 Å². The van der Waals surface area contributed by atoms with E-state index in [4.69, 9.17) is 4.98 Å². The summed E-state index contributed by atoms with van der Waals surface area (Å²) < 4.78 is 0. The van der Waals surface area contributed by atoms with Gasteiger partial charge in [0.25, 0.3) is 0 Å². The number of hydrogen-bond donors (Lipinski definition) is 0. The van der Waals surface area contributed by atoms with Crippen molar-refractivity contribution in [1.82, 2.24) is 4.98 Å². The number of aryl methyl sites for hydroxylation is 4. The number of rotatable bonds is 3. The number of pyridine rings is 1. The molecule has 0 unspecified atom stereocenters. The predicted octanol–water partition coefficient (Wildman–Crippen LogP) is 5.19. The Morgan fingerprint density at radius 2 is 1.55 bits per heavy atom. The summed E-state index contributed by atoms with van der Waals surface area (Å²) in [4.78, 5) is 4.72. The molecule has 0 spiro atoms. The second kappa shape index (κ2) is 7.84. The van der Waals surface area contributed by atoms with E-state index in [0.717, 1.165) is 18.5 Å². The second-order valence-electron chi connectivity index (χ2n) is 5.00. The molecule has 1 aromatic carbocycles. The van der Waals surface area contributed by atoms with E-state index >= 15 is 0 Å². The van der Waals surface area contributed by atoms with Crippen molar-refractivity contribution in [1.29, 1.82) is 0 Å². The average molecular weight is 269 g/mol. The summed E-state index contributed by atoms with van der Waals surface area (Å²) in [6.45, 7) is 12.6. The zero-order valence-corrected chi connectivity index (χ0v) is 13.7. The molecule has 0 fully saturated rings. The molecule has 0 radical (unpaired) electrons. The van der Waals surface area contributed by atoms with Crippen LogP contribution in [0.2, 0.25) is 0 Å². The molecule has 2 aromatic rings. The van der Waals surface area contributed by atoms with Gasteiger partial charge in [-0.2, -0.15) is 0 Å². The third-order valence-electron chi connectivity index (χ3n) is 3.53. The van der Waals surface area contributed by atoms with Gasteiger partial charge in [-0.15, -0.1) is 0 Å². The van der Waals surface area contributed by atoms with Gasteiger partial charge in [0.15, 0.2) is 0 Å². The highest BCUT2D eigenvalue weighted by Gasteiger charge is 2.05. The van der Waals surface area contributed by atoms with E-state index in [9.17, 15) is 0 Å². The van der Waals surface area contributed by atoms with Gasteiger partial charge in [-0.05, 0) is 49.4 Å². The van der Waals surface area contributed by atoms with E-state index in [2.05, 4.69) is 58.0 Å². The monoisotopic (exact) mass is 269 g/mol. The normalized spacial score (nSPS) is 9.90. The van der Waals surface area contributed by atoms with Crippen molar-refractivity contribution >= 4 is 0 Å². The molecule has 0 aliphatic heterocycles. The van der Waals surface area contributed by atoms with Crippen LogP contribution < -0.4 is 0 Å². The molecule has 1 nitrogen and oxygen atoms in total. The van der Waals surface area contributed by atoms with Gasteiger partial charge in [-0.1, -0.05) is 51.1 Å². The summed E-state index contributed by atoms with van der Waals surface area (Å²) in [5, 5.41) is 0. The molecular formula is C19H27N. The predicted molar refractivity (Wildman–Crippen MR) is 88.4 cm³/mol. The van der Waals surface area contributed by atoms with Gasteiger partial charge in [0.2, 0.25) is 0 Å². The molecule has 0 saturated heterocycles. The van der Waals surface area contributed by atoms with Crippen molar-refractivity contribution in [3.05, 3.63) is 64.0 Å². The lowest BCUT2D eigenvalue weighted by molar-refractivity contribution is 0.988. The van der Waals surface area contributed by atoms with Crippen LogP contribution in [0.4, 0.5) is 0 Å². The summed E-state index contributed by atoms with van der Waals surface area (Å²) in [6, 6.07) is 11.0. The third kappa shape index (κ3) is 4.19. The molecule has 1 heterocycles. The fourth-order valence-corrected chi connectivity index (χ4v) is 2.22. The highest BCUT2D eigenvalue weighted by molar-refractivity contribution is 5.33. The highest BCUT2D eigenvalue weighted by atomic mass is 14.7. The van der Waals surface area contributed by atoms with E-state index in [1.54, 1.807) is 0 Å². The maximum Gasteiger partial charge on any atom is 0.0479 e. The van der Waals surface area contributed by atoms with Gasteiger partial charge in [0.05, 0.1) is 0 Å². The fraction of sp³-hybridized carbons (Fsp3) is 0.421. The van der Waals surface area contributed by atoms with Crippen LogP contribution in [-0.2, 0) is 12.8 Å². The summed E-state index contributed by atoms with van der Waals surface area (Å²) in [6.07, 6.45) is 2.02. The molecule has 0 bridgehead atoms. The molecule has 2 rings (SSSR count). The smallest absolute Gasteiger partial charge is 0.0479 e. The van der Waals surface area contributed by atoms with Crippen LogP contribution in [0.25, 0.3) is 0 Å². The van der Waals surface area contributed by atoms with Crippen LogP contribution in [0.3, 0.4) is 0 Å². The molecule has 0 aliphatic rings. The lowest BCUT2D eigenvalue weighted by Gasteiger charge is -2.09. The Morgan fingerprint density at radius 3 is 2.20 bits per heavy atom. The SMILES string of the molecule is CC.CCc1cccc(Cc2nc(C)c(C)cc2C)c1. The van der Waals surface area contributed by atoms with Crippen LogP contribution >= 0.6 is 0 Å². The lowest BCUT2D eigenvalue weighted by atomic mass is 10.0. The van der Waals surface area contributed by atoms with E-state index in [0.29, 0.717) is 0 Å². The zero-order chi connectivity index (χ0) is 15.1. The van der Waals surface area contributed by atoms with Crippen molar-refractivity contribution < 1.29 is 0 Å². The molecular weight excluding hydrogens is 242 g/mol. The Kier molecular flexibility index (Phi) is 6.44. The van der Waals surface area contributed by atoms with E-state index < -0.39 is 0 Å². The molecule has 1 heteroatoms. The molecule has 108 valence electrons. The first kappa shape index (κ1) is 16.4. The van der Waals surface area contributed by atoms with E-state index in [1.165, 1.54) is 27.9 Å². The van der Waals surface area contributed by atoms with Gasteiger partial charge >= 0.3 is 0 Å². The number of hydrogen-bond acceptors (Lipinski definition) is 1. The largest absolute Gasteiger partial charge is 0.257 e. The van der Waals surface area contributed by atoms with Gasteiger partial charge < -0.3 is 0 Å². The van der Waals surface area contributed by atoms with E-state index in [-0.39, 0.29) is 0 Å². The standard InChI is InChI=1S/C17H21N.C2H6/c1-5-15-7-6-8-16(10-15)11-17-13(3)9-12(2)14(4)18-17;1-2/h6-10H,5,11H2,1-4H3;1-2H3. The highest BCUT2D eigenvalue weighted by Crippen LogP contribution is 2.16. The maximum absolute atomic E-state index is 4.72. The Bertz CT molecular complexity index is 556. The first-order valence-electron chi connectivity index (χ1n) is 7.61. The average Bonchev–Trinajstić information content (AvgIpc) is 2.47. The van der Waals surface area contributed by atoms with Gasteiger partial charge in [-0.3, -0.25) is 4.98 Å². The second-order valence-corrected chi connectivity index (χ2v) is 5.00. The molecule has 1 aromatic heterocycles. The Hall–Kier alpha value is -1.63. The molecule has 0 N–H and O–H groups in total. The van der Waals surface area contributed by atoms with Crippen molar-refractivity contribution in [2.75, 3.05) is 0 Å². The van der Waals surface area contributed by atoms with Crippen LogP contribution in [0.1, 0.15) is 54.4 Å². The molecule has 0 saturated carbocycles. The summed E-state index contributed by atoms with van der Waals surface area (Å²) in [5.41, 5.74) is 7.66. The Morgan fingerprint density at radius 1 is 0.900 bits per heavy atom. The number of nitrogens with zero attached hydrogens (tertiary/aromatic N) is 1. The quantitative estimate of drug-likeness (QED) is 0.747.